The molecule has 0 aromatic rings. The van der Waals surface area contributed by atoms with Crippen LogP contribution in [0, 0.1) is 50.7 Å². The van der Waals surface area contributed by atoms with Crippen LogP contribution in [0.3, 0.4) is 0 Å². The first-order valence-electron chi connectivity index (χ1n) is 13.3. The Morgan fingerprint density at radius 3 is 2.41 bits per heavy atom. The fraction of sp³-hybridized carbons (Fsp3) is 0.800. The molecule has 0 aromatic heterocycles. The third-order valence-electron chi connectivity index (χ3n) is 12.1. The molecule has 2 heteroatoms. The van der Waals surface area contributed by atoms with E-state index in [-0.39, 0.29) is 10.8 Å². The van der Waals surface area contributed by atoms with Crippen LogP contribution in [0.5, 0.6) is 0 Å². The summed E-state index contributed by atoms with van der Waals surface area (Å²) in [6.07, 6.45) is 15.9. The van der Waals surface area contributed by atoms with Crippen molar-refractivity contribution in [3.05, 3.63) is 23.8 Å². The standard InChI is InChI=1S/C30H44O2/c1-19(2)16-21(31)17-20(3)22-10-12-28(7)24-9-8-23-26(4,5)25(32)11-13-29(23)18-30(24,29)15-14-27(22,28)6/h11,13,16,20,22-24H,8-10,12,14-15,17-18H2,1-7H3/t20-,22-,23+,24+,27-,28+,29-,30+/m1/s1. The highest BCUT2D eigenvalue weighted by Crippen LogP contribution is 2.88. The predicted octanol–water partition coefficient (Wildman–Crippen LogP) is 7.33. The largest absolute Gasteiger partial charge is 0.295 e. The number of carbonyl (C=O) groups is 2. The van der Waals surface area contributed by atoms with Crippen molar-refractivity contribution < 1.29 is 9.59 Å². The van der Waals surface area contributed by atoms with Crippen LogP contribution in [-0.4, -0.2) is 11.6 Å². The first-order chi connectivity index (χ1) is 14.8. The Bertz CT molecular complexity index is 919. The monoisotopic (exact) mass is 436 g/mol. The highest BCUT2D eigenvalue weighted by molar-refractivity contribution is 5.96. The van der Waals surface area contributed by atoms with E-state index >= 15 is 0 Å². The van der Waals surface area contributed by atoms with Crippen LogP contribution in [0.25, 0.3) is 0 Å². The van der Waals surface area contributed by atoms with E-state index < -0.39 is 0 Å². The first kappa shape index (κ1) is 22.6. The van der Waals surface area contributed by atoms with Gasteiger partial charge in [-0.15, -0.1) is 0 Å². The maximum Gasteiger partial charge on any atom is 0.161 e. The summed E-state index contributed by atoms with van der Waals surface area (Å²) in [5, 5.41) is 0. The van der Waals surface area contributed by atoms with Crippen LogP contribution in [0.2, 0.25) is 0 Å². The maximum atomic E-state index is 12.7. The highest BCUT2D eigenvalue weighted by atomic mass is 16.1. The number of rotatable bonds is 4. The van der Waals surface area contributed by atoms with Gasteiger partial charge in [0.2, 0.25) is 0 Å². The molecule has 5 aliphatic rings. The summed E-state index contributed by atoms with van der Waals surface area (Å²) in [5.41, 5.74) is 2.30. The molecule has 4 fully saturated rings. The second-order valence-electron chi connectivity index (χ2n) is 13.8. The second kappa shape index (κ2) is 6.70. The van der Waals surface area contributed by atoms with Crippen molar-refractivity contribution in [2.75, 3.05) is 0 Å². The molecule has 0 aliphatic heterocycles. The minimum atomic E-state index is -0.205. The SMILES string of the molecule is CC(C)=CC(=O)C[C@@H](C)[C@H]1CC[C@@]2(C)[C@@H]3CC[C@H]4C(C)(C)C(=O)C=C[C@@]45C[C@@]35CC[C@]12C. The Morgan fingerprint density at radius 2 is 1.72 bits per heavy atom. The summed E-state index contributed by atoms with van der Waals surface area (Å²) in [5.74, 6) is 3.04. The van der Waals surface area contributed by atoms with Crippen molar-refractivity contribution in [1.29, 1.82) is 0 Å². The summed E-state index contributed by atoms with van der Waals surface area (Å²) >= 11 is 0. The first-order valence-corrected chi connectivity index (χ1v) is 13.3. The molecule has 4 saturated carbocycles. The lowest BCUT2D eigenvalue weighted by Crippen LogP contribution is -2.56. The van der Waals surface area contributed by atoms with E-state index in [1.807, 2.05) is 26.0 Å². The summed E-state index contributed by atoms with van der Waals surface area (Å²) in [6.45, 7) is 16.0. The molecule has 0 saturated heterocycles. The van der Waals surface area contributed by atoms with Crippen LogP contribution < -0.4 is 0 Å². The third kappa shape index (κ3) is 2.59. The zero-order valence-corrected chi connectivity index (χ0v) is 21.5. The Hall–Kier alpha value is -1.18. The molecular formula is C30H44O2. The van der Waals surface area contributed by atoms with Gasteiger partial charge in [0.05, 0.1) is 0 Å². The predicted molar refractivity (Wildman–Crippen MR) is 130 cm³/mol. The van der Waals surface area contributed by atoms with Gasteiger partial charge in [0.25, 0.3) is 0 Å². The van der Waals surface area contributed by atoms with Crippen molar-refractivity contribution in [1.82, 2.24) is 0 Å². The molecule has 5 aliphatic carbocycles. The quantitative estimate of drug-likeness (QED) is 0.432. The van der Waals surface area contributed by atoms with Gasteiger partial charge in [0.1, 0.15) is 0 Å². The molecule has 176 valence electrons. The average molecular weight is 437 g/mol. The van der Waals surface area contributed by atoms with E-state index in [2.05, 4.69) is 40.7 Å². The van der Waals surface area contributed by atoms with Crippen molar-refractivity contribution in [2.24, 2.45) is 50.7 Å². The van der Waals surface area contributed by atoms with Crippen LogP contribution in [0.15, 0.2) is 23.8 Å². The Balaban J connectivity index is 1.44. The second-order valence-corrected chi connectivity index (χ2v) is 13.8. The van der Waals surface area contributed by atoms with E-state index in [1.54, 1.807) is 0 Å². The van der Waals surface area contributed by atoms with E-state index in [0.29, 0.717) is 52.0 Å². The molecule has 0 N–H and O–H groups in total. The molecule has 0 radical (unpaired) electrons. The molecule has 0 amide bonds. The number of carbonyl (C=O) groups excluding carboxylic acids is 2. The summed E-state index contributed by atoms with van der Waals surface area (Å²) in [4.78, 5) is 25.3. The van der Waals surface area contributed by atoms with E-state index in [9.17, 15) is 9.59 Å². The number of hydrogen-bond acceptors (Lipinski definition) is 2. The van der Waals surface area contributed by atoms with E-state index in [4.69, 9.17) is 0 Å². The zero-order chi connectivity index (χ0) is 23.3. The van der Waals surface area contributed by atoms with Crippen LogP contribution >= 0.6 is 0 Å². The molecule has 8 atom stereocenters. The van der Waals surface area contributed by atoms with Crippen molar-refractivity contribution >= 4 is 11.6 Å². The van der Waals surface area contributed by atoms with Crippen LogP contribution in [0.1, 0.15) is 99.8 Å². The summed E-state index contributed by atoms with van der Waals surface area (Å²) in [7, 11) is 0. The minimum absolute atomic E-state index is 0.205. The number of hydrogen-bond donors (Lipinski definition) is 0. The molecule has 0 aromatic carbocycles. The fourth-order valence-electron chi connectivity index (χ4n) is 10.4. The third-order valence-corrected chi connectivity index (χ3v) is 12.1. The van der Waals surface area contributed by atoms with Gasteiger partial charge in [-0.05, 0) is 116 Å². The Morgan fingerprint density at radius 1 is 1.03 bits per heavy atom. The average Bonchev–Trinajstić information content (AvgIpc) is 3.27. The van der Waals surface area contributed by atoms with Crippen molar-refractivity contribution in [3.63, 3.8) is 0 Å². The van der Waals surface area contributed by atoms with Gasteiger partial charge < -0.3 is 0 Å². The van der Waals surface area contributed by atoms with Crippen molar-refractivity contribution in [3.8, 4) is 0 Å². The topological polar surface area (TPSA) is 34.1 Å². The Labute approximate surface area is 195 Å². The Kier molecular flexibility index (Phi) is 4.73. The molecule has 0 unspecified atom stereocenters. The summed E-state index contributed by atoms with van der Waals surface area (Å²) in [6, 6.07) is 0. The summed E-state index contributed by atoms with van der Waals surface area (Å²) < 4.78 is 0. The lowest BCUT2D eigenvalue weighted by Gasteiger charge is -2.62. The number of allylic oxidation sites excluding steroid dienone is 4. The number of fused-ring (bicyclic) bond motifs is 2. The lowest BCUT2D eigenvalue weighted by atomic mass is 9.42. The smallest absolute Gasteiger partial charge is 0.161 e. The normalized spacial score (nSPS) is 48.7. The van der Waals surface area contributed by atoms with Gasteiger partial charge in [-0.2, -0.15) is 0 Å². The van der Waals surface area contributed by atoms with Crippen LogP contribution in [-0.2, 0) is 9.59 Å². The van der Waals surface area contributed by atoms with E-state index in [1.165, 1.54) is 44.9 Å². The van der Waals surface area contributed by atoms with Gasteiger partial charge in [0.15, 0.2) is 11.6 Å². The molecular weight excluding hydrogens is 392 g/mol. The van der Waals surface area contributed by atoms with E-state index in [0.717, 1.165) is 11.5 Å². The van der Waals surface area contributed by atoms with Gasteiger partial charge >= 0.3 is 0 Å². The highest BCUT2D eigenvalue weighted by Gasteiger charge is 2.81. The number of ketones is 2. The molecule has 2 nitrogen and oxygen atoms in total. The molecule has 0 heterocycles. The van der Waals surface area contributed by atoms with Gasteiger partial charge in [-0.1, -0.05) is 46.3 Å². The lowest BCUT2D eigenvalue weighted by molar-refractivity contribution is -0.142. The minimum Gasteiger partial charge on any atom is -0.295 e. The van der Waals surface area contributed by atoms with Gasteiger partial charge in [-0.3, -0.25) is 9.59 Å². The van der Waals surface area contributed by atoms with Crippen molar-refractivity contribution in [2.45, 2.75) is 99.8 Å². The molecule has 2 spiro atoms. The maximum absolute atomic E-state index is 12.7. The van der Waals surface area contributed by atoms with Gasteiger partial charge in [0, 0.05) is 11.8 Å². The molecule has 32 heavy (non-hydrogen) atoms. The zero-order valence-electron chi connectivity index (χ0n) is 21.5. The molecule has 0 bridgehead atoms. The fourth-order valence-corrected chi connectivity index (χ4v) is 10.4. The van der Waals surface area contributed by atoms with Gasteiger partial charge in [-0.25, -0.2) is 0 Å². The molecule has 5 rings (SSSR count). The van der Waals surface area contributed by atoms with Crippen LogP contribution in [0.4, 0.5) is 0 Å².